The molecule has 0 radical (unpaired) electrons. The number of ketones is 1. The fourth-order valence-electron chi connectivity index (χ4n) is 3.40. The number of ether oxygens (including phenoxy) is 1. The third kappa shape index (κ3) is 7.65. The van der Waals surface area contributed by atoms with Gasteiger partial charge in [0.25, 0.3) is 0 Å². The van der Waals surface area contributed by atoms with Crippen molar-refractivity contribution in [1.82, 2.24) is 0 Å². The number of aryl methyl sites for hydroxylation is 1. The number of hydrogen-bond acceptors (Lipinski definition) is 4. The lowest BCUT2D eigenvalue weighted by Crippen LogP contribution is -2.05. The van der Waals surface area contributed by atoms with Crippen LogP contribution in [0.15, 0.2) is 71.6 Å². The smallest absolute Gasteiger partial charge is 0.307 e. The number of carbonyl (C=O) groups is 2. The first-order valence-corrected chi connectivity index (χ1v) is 12.3. The second-order valence-electron chi connectivity index (χ2n) is 7.67. The largest absolute Gasteiger partial charge is 0.493 e. The molecule has 0 saturated heterocycles. The Labute approximate surface area is 203 Å². The summed E-state index contributed by atoms with van der Waals surface area (Å²) in [5.74, 6) is 0.875. The lowest BCUT2D eigenvalue weighted by molar-refractivity contribution is -0.136. The van der Waals surface area contributed by atoms with Gasteiger partial charge in [-0.3, -0.25) is 9.59 Å². The summed E-state index contributed by atoms with van der Waals surface area (Å²) in [6, 6.07) is 20.2. The number of carbonyl (C=O) groups excluding carboxylic acids is 1. The molecule has 33 heavy (non-hydrogen) atoms. The standard InChI is InChI=1S/C27H27ClO4S/c1-2-4-21-18-22(27(31)20-7-10-23(28)11-8-20)9-14-25(21)32-15-3-16-33-24-12-5-19(6-13-24)17-26(29)30/h5-14,18H,2-4,15-17H2,1H3,(H,29,30). The highest BCUT2D eigenvalue weighted by atomic mass is 35.5. The second kappa shape index (κ2) is 12.5. The number of hydrogen-bond donors (Lipinski definition) is 1. The molecule has 0 bridgehead atoms. The average molecular weight is 483 g/mol. The maximum atomic E-state index is 12.8. The van der Waals surface area contributed by atoms with Crippen LogP contribution in [0.1, 0.15) is 46.8 Å². The Morgan fingerprint density at radius 2 is 1.67 bits per heavy atom. The van der Waals surface area contributed by atoms with Crippen molar-refractivity contribution in [3.63, 3.8) is 0 Å². The van der Waals surface area contributed by atoms with E-state index in [0.29, 0.717) is 22.8 Å². The Balaban J connectivity index is 1.53. The molecule has 4 nitrogen and oxygen atoms in total. The molecular formula is C27H27ClO4S. The second-order valence-corrected chi connectivity index (χ2v) is 9.28. The van der Waals surface area contributed by atoms with Crippen molar-refractivity contribution in [2.45, 2.75) is 37.5 Å². The predicted octanol–water partition coefficient (Wildman–Crippen LogP) is 6.71. The molecule has 0 unspecified atom stereocenters. The SMILES string of the molecule is CCCc1cc(C(=O)c2ccc(Cl)cc2)ccc1OCCCSc1ccc(CC(=O)O)cc1. The number of aliphatic carboxylic acids is 1. The van der Waals surface area contributed by atoms with E-state index in [1.807, 2.05) is 42.5 Å². The minimum Gasteiger partial charge on any atom is -0.493 e. The Morgan fingerprint density at radius 1 is 0.970 bits per heavy atom. The van der Waals surface area contributed by atoms with Crippen molar-refractivity contribution < 1.29 is 19.4 Å². The van der Waals surface area contributed by atoms with E-state index in [1.54, 1.807) is 36.0 Å². The van der Waals surface area contributed by atoms with E-state index >= 15 is 0 Å². The maximum Gasteiger partial charge on any atom is 0.307 e. The zero-order valence-corrected chi connectivity index (χ0v) is 20.1. The van der Waals surface area contributed by atoms with Crippen molar-refractivity contribution in [2.24, 2.45) is 0 Å². The van der Waals surface area contributed by atoms with Crippen LogP contribution in [-0.2, 0) is 17.6 Å². The Bertz CT molecular complexity index is 1080. The van der Waals surface area contributed by atoms with Gasteiger partial charge < -0.3 is 9.84 Å². The van der Waals surface area contributed by atoms with Gasteiger partial charge in [-0.15, -0.1) is 11.8 Å². The normalized spacial score (nSPS) is 10.7. The van der Waals surface area contributed by atoms with Crippen molar-refractivity contribution in [3.05, 3.63) is 94.0 Å². The van der Waals surface area contributed by atoms with Gasteiger partial charge in [0.05, 0.1) is 13.0 Å². The summed E-state index contributed by atoms with van der Waals surface area (Å²) in [7, 11) is 0. The number of thioether (sulfide) groups is 1. The molecule has 1 N–H and O–H groups in total. The Kier molecular flexibility index (Phi) is 9.40. The van der Waals surface area contributed by atoms with E-state index in [2.05, 4.69) is 6.92 Å². The van der Waals surface area contributed by atoms with E-state index < -0.39 is 5.97 Å². The third-order valence-corrected chi connectivity index (χ3v) is 6.39. The number of benzene rings is 3. The van der Waals surface area contributed by atoms with E-state index in [1.165, 1.54) is 0 Å². The molecular weight excluding hydrogens is 456 g/mol. The molecule has 0 aliphatic heterocycles. The van der Waals surface area contributed by atoms with E-state index in [-0.39, 0.29) is 12.2 Å². The van der Waals surface area contributed by atoms with Crippen LogP contribution in [-0.4, -0.2) is 29.2 Å². The highest BCUT2D eigenvalue weighted by Gasteiger charge is 2.13. The summed E-state index contributed by atoms with van der Waals surface area (Å²) in [6.07, 6.45) is 2.72. The highest BCUT2D eigenvalue weighted by Crippen LogP contribution is 2.25. The van der Waals surface area contributed by atoms with Crippen molar-refractivity contribution >= 4 is 35.1 Å². The van der Waals surface area contributed by atoms with Gasteiger partial charge in [-0.05, 0) is 78.6 Å². The summed E-state index contributed by atoms with van der Waals surface area (Å²) in [4.78, 5) is 24.7. The molecule has 3 rings (SSSR count). The van der Waals surface area contributed by atoms with Crippen LogP contribution in [0.5, 0.6) is 5.75 Å². The van der Waals surface area contributed by atoms with E-state index in [4.69, 9.17) is 21.4 Å². The molecule has 0 spiro atoms. The monoisotopic (exact) mass is 482 g/mol. The van der Waals surface area contributed by atoms with Gasteiger partial charge >= 0.3 is 5.97 Å². The Morgan fingerprint density at radius 3 is 2.33 bits per heavy atom. The summed E-state index contributed by atoms with van der Waals surface area (Å²) in [5.41, 5.74) is 3.11. The van der Waals surface area contributed by atoms with Gasteiger partial charge in [-0.2, -0.15) is 0 Å². The topological polar surface area (TPSA) is 63.6 Å². The van der Waals surface area contributed by atoms with Crippen LogP contribution >= 0.6 is 23.4 Å². The highest BCUT2D eigenvalue weighted by molar-refractivity contribution is 7.99. The molecule has 0 aliphatic carbocycles. The van der Waals surface area contributed by atoms with Crippen molar-refractivity contribution in [2.75, 3.05) is 12.4 Å². The zero-order valence-electron chi connectivity index (χ0n) is 18.6. The van der Waals surface area contributed by atoms with Gasteiger partial charge in [-0.25, -0.2) is 0 Å². The van der Waals surface area contributed by atoms with Gasteiger partial charge in [0, 0.05) is 26.8 Å². The summed E-state index contributed by atoms with van der Waals surface area (Å²) in [5, 5.41) is 9.45. The fraction of sp³-hybridized carbons (Fsp3) is 0.259. The molecule has 0 aliphatic rings. The third-order valence-electron chi connectivity index (χ3n) is 5.04. The molecule has 0 saturated carbocycles. The van der Waals surface area contributed by atoms with Crippen LogP contribution in [0, 0.1) is 0 Å². The number of carboxylic acid groups (broad SMARTS) is 1. The van der Waals surface area contributed by atoms with Crippen molar-refractivity contribution in [1.29, 1.82) is 0 Å². The van der Waals surface area contributed by atoms with Crippen molar-refractivity contribution in [3.8, 4) is 5.75 Å². The number of halogens is 1. The van der Waals surface area contributed by atoms with Gasteiger partial charge in [0.2, 0.25) is 0 Å². The van der Waals surface area contributed by atoms with Crippen LogP contribution in [0.2, 0.25) is 5.02 Å². The lowest BCUT2D eigenvalue weighted by atomic mass is 9.99. The quantitative estimate of drug-likeness (QED) is 0.176. The van der Waals surface area contributed by atoms with Crippen LogP contribution in [0.4, 0.5) is 0 Å². The molecule has 0 heterocycles. The first-order valence-electron chi connectivity index (χ1n) is 11.0. The molecule has 0 atom stereocenters. The molecule has 3 aromatic carbocycles. The molecule has 6 heteroatoms. The first-order chi connectivity index (χ1) is 16.0. The molecule has 3 aromatic rings. The zero-order chi connectivity index (χ0) is 23.6. The molecule has 0 aromatic heterocycles. The Hall–Kier alpha value is -2.76. The summed E-state index contributed by atoms with van der Waals surface area (Å²) in [6.45, 7) is 2.70. The van der Waals surface area contributed by atoms with E-state index in [0.717, 1.165) is 46.8 Å². The molecule has 0 amide bonds. The predicted molar refractivity (Wildman–Crippen MR) is 134 cm³/mol. The molecule has 172 valence electrons. The summed E-state index contributed by atoms with van der Waals surface area (Å²) >= 11 is 7.65. The summed E-state index contributed by atoms with van der Waals surface area (Å²) < 4.78 is 6.04. The number of carboxylic acids is 1. The fourth-order valence-corrected chi connectivity index (χ4v) is 4.36. The van der Waals surface area contributed by atoms with Crippen LogP contribution < -0.4 is 4.74 Å². The minimum absolute atomic E-state index is 0.0265. The van der Waals surface area contributed by atoms with Gasteiger partial charge in [0.15, 0.2) is 5.78 Å². The van der Waals surface area contributed by atoms with Crippen LogP contribution in [0.3, 0.4) is 0 Å². The van der Waals surface area contributed by atoms with Gasteiger partial charge in [-0.1, -0.05) is 37.1 Å². The average Bonchev–Trinajstić information content (AvgIpc) is 2.80. The molecule has 0 fully saturated rings. The van der Waals surface area contributed by atoms with E-state index in [9.17, 15) is 9.59 Å². The maximum absolute atomic E-state index is 12.8. The van der Waals surface area contributed by atoms with Gasteiger partial charge in [0.1, 0.15) is 5.75 Å². The minimum atomic E-state index is -0.822. The van der Waals surface area contributed by atoms with Crippen LogP contribution in [0.25, 0.3) is 0 Å². The number of rotatable bonds is 12. The first kappa shape index (κ1) is 24.9. The lowest BCUT2D eigenvalue weighted by Gasteiger charge is -2.13.